The first-order valence-corrected chi connectivity index (χ1v) is 9.17. The van der Waals surface area contributed by atoms with Crippen LogP contribution in [0, 0.1) is 0 Å². The first-order valence-electron chi connectivity index (χ1n) is 8.37. The van der Waals surface area contributed by atoms with Gasteiger partial charge in [0, 0.05) is 28.5 Å². The first kappa shape index (κ1) is 18.3. The van der Waals surface area contributed by atoms with E-state index in [1.165, 1.54) is 6.07 Å². The van der Waals surface area contributed by atoms with Crippen LogP contribution >= 0.6 is 15.9 Å². The summed E-state index contributed by atoms with van der Waals surface area (Å²) < 4.78 is 23.6. The summed E-state index contributed by atoms with van der Waals surface area (Å²) in [6.45, 7) is 0. The number of hydrogen-bond acceptors (Lipinski definition) is 6. The minimum Gasteiger partial charge on any atom is -0.496 e. The SMILES string of the molecule is COc1ccc(OC)c2c1c(OC)cc1c(=O)cc(-c3cncc(Br)c3)oc12. The Bertz CT molecular complexity index is 1270. The van der Waals surface area contributed by atoms with Crippen LogP contribution in [0.1, 0.15) is 0 Å². The molecule has 0 spiro atoms. The maximum Gasteiger partial charge on any atom is 0.193 e. The smallest absolute Gasteiger partial charge is 0.193 e. The number of aromatic nitrogens is 1. The molecule has 0 fully saturated rings. The normalized spacial score (nSPS) is 11.0. The summed E-state index contributed by atoms with van der Waals surface area (Å²) in [5.41, 5.74) is 0.884. The Morgan fingerprint density at radius 1 is 0.893 bits per heavy atom. The summed E-state index contributed by atoms with van der Waals surface area (Å²) in [5.74, 6) is 2.05. The zero-order valence-electron chi connectivity index (χ0n) is 15.4. The molecule has 0 saturated carbocycles. The summed E-state index contributed by atoms with van der Waals surface area (Å²) in [7, 11) is 4.68. The van der Waals surface area contributed by atoms with Crippen molar-refractivity contribution in [2.45, 2.75) is 0 Å². The number of methoxy groups -OCH3 is 3. The van der Waals surface area contributed by atoms with Crippen molar-refractivity contribution in [1.82, 2.24) is 4.98 Å². The molecule has 4 rings (SSSR count). The van der Waals surface area contributed by atoms with Crippen molar-refractivity contribution < 1.29 is 18.6 Å². The fourth-order valence-electron chi connectivity index (χ4n) is 3.25. The second-order valence-electron chi connectivity index (χ2n) is 6.04. The molecular formula is C21H16BrNO5. The lowest BCUT2D eigenvalue weighted by Gasteiger charge is -2.15. The van der Waals surface area contributed by atoms with Gasteiger partial charge in [-0.3, -0.25) is 9.78 Å². The minimum absolute atomic E-state index is 0.193. The summed E-state index contributed by atoms with van der Waals surface area (Å²) >= 11 is 3.39. The molecule has 6 nitrogen and oxygen atoms in total. The highest BCUT2D eigenvalue weighted by atomic mass is 79.9. The standard InChI is InChI=1S/C21H16BrNO5/c1-25-15-4-5-16(26-2)20-19(15)18(27-3)7-13-14(24)8-17(28-21(13)20)11-6-12(22)10-23-9-11/h4-10H,1-3H3. The van der Waals surface area contributed by atoms with Crippen LogP contribution < -0.4 is 19.6 Å². The van der Waals surface area contributed by atoms with Crippen molar-refractivity contribution in [2.24, 2.45) is 0 Å². The molecule has 0 N–H and O–H groups in total. The number of pyridine rings is 1. The number of rotatable bonds is 4. The van der Waals surface area contributed by atoms with E-state index in [1.54, 1.807) is 51.9 Å². The van der Waals surface area contributed by atoms with Crippen LogP contribution in [0.4, 0.5) is 0 Å². The minimum atomic E-state index is -0.193. The van der Waals surface area contributed by atoms with E-state index in [0.29, 0.717) is 50.3 Å². The maximum atomic E-state index is 12.9. The van der Waals surface area contributed by atoms with Crippen molar-refractivity contribution in [1.29, 1.82) is 0 Å². The average molecular weight is 442 g/mol. The van der Waals surface area contributed by atoms with Crippen LogP contribution in [0.2, 0.25) is 0 Å². The Kier molecular flexibility index (Phi) is 4.68. The van der Waals surface area contributed by atoms with E-state index >= 15 is 0 Å². The van der Waals surface area contributed by atoms with Crippen LogP contribution in [-0.2, 0) is 0 Å². The van der Waals surface area contributed by atoms with Crippen LogP contribution in [0.5, 0.6) is 17.2 Å². The largest absolute Gasteiger partial charge is 0.496 e. The molecule has 0 aliphatic rings. The number of hydrogen-bond donors (Lipinski definition) is 0. The Hall–Kier alpha value is -3.06. The van der Waals surface area contributed by atoms with Gasteiger partial charge in [-0.25, -0.2) is 0 Å². The Morgan fingerprint density at radius 3 is 2.21 bits per heavy atom. The quantitative estimate of drug-likeness (QED) is 0.423. The Balaban J connectivity index is 2.19. The molecule has 0 radical (unpaired) electrons. The molecule has 0 saturated heterocycles. The highest BCUT2D eigenvalue weighted by Crippen LogP contribution is 2.43. The van der Waals surface area contributed by atoms with E-state index in [1.807, 2.05) is 6.07 Å². The third-order valence-corrected chi connectivity index (χ3v) is 4.94. The number of nitrogens with zero attached hydrogens (tertiary/aromatic N) is 1. The molecule has 7 heteroatoms. The van der Waals surface area contributed by atoms with E-state index in [0.717, 1.165) is 4.47 Å². The lowest BCUT2D eigenvalue weighted by molar-refractivity contribution is 0.400. The van der Waals surface area contributed by atoms with Crippen molar-refractivity contribution in [2.75, 3.05) is 21.3 Å². The van der Waals surface area contributed by atoms with Crippen LogP contribution in [0.15, 0.2) is 56.4 Å². The average Bonchev–Trinajstić information content (AvgIpc) is 2.72. The lowest BCUT2D eigenvalue weighted by atomic mass is 10.0. The van der Waals surface area contributed by atoms with E-state index < -0.39 is 0 Å². The van der Waals surface area contributed by atoms with Gasteiger partial charge >= 0.3 is 0 Å². The van der Waals surface area contributed by atoms with Gasteiger partial charge in [-0.2, -0.15) is 0 Å². The van der Waals surface area contributed by atoms with Crippen LogP contribution in [0.25, 0.3) is 33.1 Å². The van der Waals surface area contributed by atoms with Gasteiger partial charge in [-0.15, -0.1) is 0 Å². The topological polar surface area (TPSA) is 70.8 Å². The van der Waals surface area contributed by atoms with Gasteiger partial charge < -0.3 is 18.6 Å². The monoisotopic (exact) mass is 441 g/mol. The van der Waals surface area contributed by atoms with Gasteiger partial charge in [-0.05, 0) is 40.2 Å². The van der Waals surface area contributed by atoms with Crippen molar-refractivity contribution in [3.63, 3.8) is 0 Å². The van der Waals surface area contributed by atoms with Crippen molar-refractivity contribution in [3.8, 4) is 28.6 Å². The zero-order chi connectivity index (χ0) is 19.8. The number of fused-ring (bicyclic) bond motifs is 3. The highest BCUT2D eigenvalue weighted by molar-refractivity contribution is 9.10. The van der Waals surface area contributed by atoms with Gasteiger partial charge in [0.1, 0.15) is 23.0 Å². The molecule has 0 amide bonds. The second kappa shape index (κ2) is 7.16. The molecule has 0 aliphatic heterocycles. The molecule has 0 unspecified atom stereocenters. The molecule has 0 aliphatic carbocycles. The lowest BCUT2D eigenvalue weighted by Crippen LogP contribution is -2.03. The molecule has 142 valence electrons. The number of ether oxygens (including phenoxy) is 3. The van der Waals surface area contributed by atoms with E-state index in [9.17, 15) is 4.79 Å². The Labute approximate surface area is 168 Å². The fourth-order valence-corrected chi connectivity index (χ4v) is 3.62. The summed E-state index contributed by atoms with van der Waals surface area (Å²) in [5, 5.41) is 1.67. The molecule has 2 aromatic carbocycles. The van der Waals surface area contributed by atoms with E-state index in [-0.39, 0.29) is 5.43 Å². The molecule has 2 aromatic heterocycles. The summed E-state index contributed by atoms with van der Waals surface area (Å²) in [6, 6.07) is 8.50. The molecule has 4 aromatic rings. The first-order chi connectivity index (χ1) is 13.6. The van der Waals surface area contributed by atoms with Gasteiger partial charge in [0.15, 0.2) is 11.0 Å². The molecule has 28 heavy (non-hydrogen) atoms. The van der Waals surface area contributed by atoms with Crippen LogP contribution in [0.3, 0.4) is 0 Å². The summed E-state index contributed by atoms with van der Waals surface area (Å²) in [4.78, 5) is 17.1. The fraction of sp³-hybridized carbons (Fsp3) is 0.143. The van der Waals surface area contributed by atoms with Crippen LogP contribution in [-0.4, -0.2) is 26.3 Å². The third-order valence-electron chi connectivity index (χ3n) is 4.51. The molecular weight excluding hydrogens is 426 g/mol. The number of halogens is 1. The van der Waals surface area contributed by atoms with Crippen molar-refractivity contribution >= 4 is 37.7 Å². The Morgan fingerprint density at radius 2 is 1.57 bits per heavy atom. The predicted molar refractivity (Wildman–Crippen MR) is 111 cm³/mol. The third kappa shape index (κ3) is 2.88. The molecule has 0 bridgehead atoms. The van der Waals surface area contributed by atoms with Gasteiger partial charge in [0.05, 0.1) is 37.5 Å². The second-order valence-corrected chi connectivity index (χ2v) is 6.96. The van der Waals surface area contributed by atoms with Gasteiger partial charge in [-0.1, -0.05) is 0 Å². The van der Waals surface area contributed by atoms with Crippen molar-refractivity contribution in [3.05, 3.63) is 57.4 Å². The summed E-state index contributed by atoms with van der Waals surface area (Å²) in [6.07, 6.45) is 3.30. The zero-order valence-corrected chi connectivity index (χ0v) is 17.0. The predicted octanol–water partition coefficient (Wildman–Crippen LogP) is 4.80. The maximum absolute atomic E-state index is 12.9. The van der Waals surface area contributed by atoms with Gasteiger partial charge in [0.25, 0.3) is 0 Å². The molecule has 2 heterocycles. The highest BCUT2D eigenvalue weighted by Gasteiger charge is 2.20. The van der Waals surface area contributed by atoms with Gasteiger partial charge in [0.2, 0.25) is 0 Å². The number of benzene rings is 2. The van der Waals surface area contributed by atoms with E-state index in [4.69, 9.17) is 18.6 Å². The van der Waals surface area contributed by atoms with E-state index in [2.05, 4.69) is 20.9 Å². The molecule has 0 atom stereocenters.